The molecule has 7 heteroatoms. The zero-order chi connectivity index (χ0) is 20.2. The summed E-state index contributed by atoms with van der Waals surface area (Å²) in [6.45, 7) is 1.33. The molecule has 0 radical (unpaired) electrons. The quantitative estimate of drug-likeness (QED) is 0.735. The lowest BCUT2D eigenvalue weighted by Crippen LogP contribution is -2.49. The molecule has 2 heterocycles. The van der Waals surface area contributed by atoms with Crippen molar-refractivity contribution in [3.05, 3.63) is 53.3 Å². The summed E-state index contributed by atoms with van der Waals surface area (Å²) >= 11 is 6.10. The third-order valence-corrected chi connectivity index (χ3v) is 6.35. The van der Waals surface area contributed by atoms with Gasteiger partial charge in [-0.1, -0.05) is 30.5 Å². The molecule has 2 aromatic rings. The van der Waals surface area contributed by atoms with Crippen LogP contribution >= 0.6 is 11.6 Å². The molecule has 1 aliphatic carbocycles. The minimum absolute atomic E-state index is 0.0461. The molecule has 154 valence electrons. The predicted octanol–water partition coefficient (Wildman–Crippen LogP) is 3.52. The lowest BCUT2D eigenvalue weighted by Gasteiger charge is -2.33. The van der Waals surface area contributed by atoms with Gasteiger partial charge in [-0.3, -0.25) is 14.3 Å². The van der Waals surface area contributed by atoms with Crippen molar-refractivity contribution in [1.29, 1.82) is 0 Å². The SMILES string of the molecule is O=C(NCCCn1cccn1)[C@@H]1C[C@H]2CCCC[C@@H]2N1C(=O)c1cccc(Cl)c1. The second-order valence-corrected chi connectivity index (χ2v) is 8.44. The van der Waals surface area contributed by atoms with E-state index in [-0.39, 0.29) is 17.9 Å². The lowest BCUT2D eigenvalue weighted by atomic mass is 9.84. The molecule has 1 saturated carbocycles. The van der Waals surface area contributed by atoms with Crippen LogP contribution in [-0.4, -0.2) is 45.1 Å². The molecule has 0 spiro atoms. The summed E-state index contributed by atoms with van der Waals surface area (Å²) < 4.78 is 1.85. The number of hydrogen-bond acceptors (Lipinski definition) is 3. The van der Waals surface area contributed by atoms with Crippen LogP contribution in [0.1, 0.15) is 48.9 Å². The number of aromatic nitrogens is 2. The lowest BCUT2D eigenvalue weighted by molar-refractivity contribution is -0.125. The highest BCUT2D eigenvalue weighted by Crippen LogP contribution is 2.40. The second kappa shape index (κ2) is 8.99. The maximum absolute atomic E-state index is 13.3. The zero-order valence-corrected chi connectivity index (χ0v) is 17.2. The van der Waals surface area contributed by atoms with E-state index in [0.29, 0.717) is 23.0 Å². The largest absolute Gasteiger partial charge is 0.354 e. The second-order valence-electron chi connectivity index (χ2n) is 8.00. The van der Waals surface area contributed by atoms with E-state index in [4.69, 9.17) is 11.6 Å². The molecule has 1 N–H and O–H groups in total. The number of likely N-dealkylation sites (tertiary alicyclic amines) is 1. The van der Waals surface area contributed by atoms with Gasteiger partial charge in [-0.2, -0.15) is 5.10 Å². The number of nitrogens with one attached hydrogen (secondary N) is 1. The maximum Gasteiger partial charge on any atom is 0.254 e. The predicted molar refractivity (Wildman–Crippen MR) is 112 cm³/mol. The van der Waals surface area contributed by atoms with Crippen LogP contribution in [0.4, 0.5) is 0 Å². The van der Waals surface area contributed by atoms with Crippen molar-refractivity contribution in [3.8, 4) is 0 Å². The van der Waals surface area contributed by atoms with Gasteiger partial charge in [0, 0.05) is 42.1 Å². The molecule has 0 bridgehead atoms. The fraction of sp³-hybridized carbons (Fsp3) is 0.500. The molecule has 2 amide bonds. The van der Waals surface area contributed by atoms with Gasteiger partial charge in [0.1, 0.15) is 6.04 Å². The van der Waals surface area contributed by atoms with Crippen LogP contribution in [0.25, 0.3) is 0 Å². The van der Waals surface area contributed by atoms with Gasteiger partial charge in [0.05, 0.1) is 0 Å². The minimum Gasteiger partial charge on any atom is -0.354 e. The Bertz CT molecular complexity index is 854. The van der Waals surface area contributed by atoms with Crippen LogP contribution in [-0.2, 0) is 11.3 Å². The van der Waals surface area contributed by atoms with Crippen molar-refractivity contribution in [2.75, 3.05) is 6.54 Å². The first-order valence-corrected chi connectivity index (χ1v) is 10.8. The van der Waals surface area contributed by atoms with E-state index < -0.39 is 6.04 Å². The number of aryl methyl sites for hydroxylation is 1. The van der Waals surface area contributed by atoms with Gasteiger partial charge in [0.2, 0.25) is 5.91 Å². The first-order valence-electron chi connectivity index (χ1n) is 10.5. The number of carbonyl (C=O) groups excluding carboxylic acids is 2. The van der Waals surface area contributed by atoms with Gasteiger partial charge in [0.25, 0.3) is 5.91 Å². The Morgan fingerprint density at radius 1 is 1.21 bits per heavy atom. The number of benzene rings is 1. The van der Waals surface area contributed by atoms with Crippen LogP contribution in [0.3, 0.4) is 0 Å². The number of rotatable bonds is 6. The molecule has 1 aliphatic heterocycles. The standard InChI is InChI=1S/C22H27ClN4O2/c23-18-8-3-7-17(14-18)22(29)27-19-9-2-1-6-16(19)15-20(27)21(28)24-10-4-12-26-13-5-11-25-26/h3,5,7-8,11,13-14,16,19-20H,1-2,4,6,9-10,12,15H2,(H,24,28)/t16-,19+,20+/m1/s1. The smallest absolute Gasteiger partial charge is 0.254 e. The number of nitrogens with zero attached hydrogens (tertiary/aromatic N) is 3. The van der Waals surface area contributed by atoms with Crippen LogP contribution in [0.2, 0.25) is 5.02 Å². The topological polar surface area (TPSA) is 67.2 Å². The molecule has 29 heavy (non-hydrogen) atoms. The Kier molecular flexibility index (Phi) is 6.19. The number of amides is 2. The summed E-state index contributed by atoms with van der Waals surface area (Å²) in [5.74, 6) is 0.278. The molecule has 1 saturated heterocycles. The molecule has 6 nitrogen and oxygen atoms in total. The van der Waals surface area contributed by atoms with Gasteiger partial charge < -0.3 is 10.2 Å². The average Bonchev–Trinajstić information content (AvgIpc) is 3.38. The molecule has 1 aromatic carbocycles. The number of carbonyl (C=O) groups is 2. The van der Waals surface area contributed by atoms with Crippen molar-refractivity contribution in [1.82, 2.24) is 20.0 Å². The van der Waals surface area contributed by atoms with E-state index >= 15 is 0 Å². The van der Waals surface area contributed by atoms with Gasteiger partial charge in [-0.15, -0.1) is 0 Å². The summed E-state index contributed by atoms with van der Waals surface area (Å²) in [5, 5.41) is 7.76. The monoisotopic (exact) mass is 414 g/mol. The van der Waals surface area contributed by atoms with E-state index in [1.54, 1.807) is 30.5 Å². The fourth-order valence-electron chi connectivity index (χ4n) is 4.76. The van der Waals surface area contributed by atoms with E-state index in [0.717, 1.165) is 38.6 Å². The van der Waals surface area contributed by atoms with Crippen molar-refractivity contribution >= 4 is 23.4 Å². The van der Waals surface area contributed by atoms with E-state index in [1.807, 2.05) is 21.8 Å². The van der Waals surface area contributed by atoms with Gasteiger partial charge in [0.15, 0.2) is 0 Å². The third kappa shape index (κ3) is 4.47. The molecule has 0 unspecified atom stereocenters. The normalized spacial score (nSPS) is 23.6. The van der Waals surface area contributed by atoms with Crippen LogP contribution in [0.15, 0.2) is 42.7 Å². The summed E-state index contributed by atoms with van der Waals surface area (Å²) in [5.41, 5.74) is 0.556. The van der Waals surface area contributed by atoms with Crippen LogP contribution in [0.5, 0.6) is 0 Å². The highest BCUT2D eigenvalue weighted by Gasteiger charge is 2.47. The Morgan fingerprint density at radius 2 is 2.07 bits per heavy atom. The van der Waals surface area contributed by atoms with Crippen LogP contribution < -0.4 is 5.32 Å². The molecular weight excluding hydrogens is 388 g/mol. The molecule has 1 aromatic heterocycles. The number of fused-ring (bicyclic) bond motifs is 1. The van der Waals surface area contributed by atoms with E-state index in [9.17, 15) is 9.59 Å². The van der Waals surface area contributed by atoms with E-state index in [2.05, 4.69) is 10.4 Å². The fourth-order valence-corrected chi connectivity index (χ4v) is 4.95. The first-order chi connectivity index (χ1) is 14.1. The summed E-state index contributed by atoms with van der Waals surface area (Å²) in [6, 6.07) is 8.65. The van der Waals surface area contributed by atoms with Crippen molar-refractivity contribution in [3.63, 3.8) is 0 Å². The summed E-state index contributed by atoms with van der Waals surface area (Å²) in [7, 11) is 0. The van der Waals surface area contributed by atoms with Crippen LogP contribution in [0, 0.1) is 5.92 Å². The zero-order valence-electron chi connectivity index (χ0n) is 16.5. The van der Waals surface area contributed by atoms with Crippen molar-refractivity contribution in [2.45, 2.75) is 57.2 Å². The molecule has 3 atom stereocenters. The number of hydrogen-bond donors (Lipinski definition) is 1. The Morgan fingerprint density at radius 3 is 2.86 bits per heavy atom. The molecule has 2 aliphatic rings. The van der Waals surface area contributed by atoms with Gasteiger partial charge in [-0.25, -0.2) is 0 Å². The average molecular weight is 415 g/mol. The summed E-state index contributed by atoms with van der Waals surface area (Å²) in [4.78, 5) is 28.2. The summed E-state index contributed by atoms with van der Waals surface area (Å²) in [6.07, 6.45) is 9.56. The Labute approximate surface area is 176 Å². The minimum atomic E-state index is -0.403. The van der Waals surface area contributed by atoms with Crippen molar-refractivity contribution < 1.29 is 9.59 Å². The maximum atomic E-state index is 13.3. The van der Waals surface area contributed by atoms with Gasteiger partial charge in [-0.05, 0) is 55.9 Å². The first kappa shape index (κ1) is 20.0. The highest BCUT2D eigenvalue weighted by molar-refractivity contribution is 6.31. The van der Waals surface area contributed by atoms with Gasteiger partial charge >= 0.3 is 0 Å². The Hall–Kier alpha value is -2.34. The third-order valence-electron chi connectivity index (χ3n) is 6.12. The number of halogens is 1. The molecular formula is C22H27ClN4O2. The Balaban J connectivity index is 1.44. The molecule has 4 rings (SSSR count). The van der Waals surface area contributed by atoms with Crippen molar-refractivity contribution in [2.24, 2.45) is 5.92 Å². The molecule has 2 fully saturated rings. The van der Waals surface area contributed by atoms with E-state index in [1.165, 1.54) is 6.42 Å². The highest BCUT2D eigenvalue weighted by atomic mass is 35.5.